The maximum atomic E-state index is 5.58. The average Bonchev–Trinajstić information content (AvgIpc) is 2.69. The van der Waals surface area contributed by atoms with Crippen LogP contribution in [0.4, 0.5) is 0 Å². The molecule has 5 heteroatoms. The number of nitrogens with one attached hydrogen (secondary N) is 1. The lowest BCUT2D eigenvalue weighted by Crippen LogP contribution is -2.59. The van der Waals surface area contributed by atoms with Gasteiger partial charge in [0.25, 0.3) is 0 Å². The van der Waals surface area contributed by atoms with Crippen LogP contribution in [0.1, 0.15) is 12.8 Å². The molecule has 4 nitrogen and oxygen atoms in total. The number of hydrogen-bond donors (Lipinski definition) is 1. The van der Waals surface area contributed by atoms with Gasteiger partial charge < -0.3 is 14.8 Å². The van der Waals surface area contributed by atoms with Gasteiger partial charge in [0.2, 0.25) is 0 Å². The van der Waals surface area contributed by atoms with Gasteiger partial charge >= 0.3 is 0 Å². The van der Waals surface area contributed by atoms with E-state index in [2.05, 4.69) is 10.2 Å². The molecule has 3 aliphatic rings. The third-order valence-corrected chi connectivity index (χ3v) is 3.88. The van der Waals surface area contributed by atoms with E-state index >= 15 is 0 Å². The Morgan fingerprint density at radius 1 is 1.00 bits per heavy atom. The summed E-state index contributed by atoms with van der Waals surface area (Å²) < 4.78 is 11.2. The quantitative estimate of drug-likeness (QED) is 0.770. The number of hydrogen-bond acceptors (Lipinski definition) is 4. The number of nitrogens with zero attached hydrogens (tertiary/aromatic N) is 1. The number of halogens is 1. The molecule has 0 amide bonds. The molecule has 94 valence electrons. The molecule has 0 unspecified atom stereocenters. The summed E-state index contributed by atoms with van der Waals surface area (Å²) in [4.78, 5) is 2.61. The van der Waals surface area contributed by atoms with Crippen molar-refractivity contribution in [2.45, 2.75) is 25.2 Å². The summed E-state index contributed by atoms with van der Waals surface area (Å²) in [5, 5.41) is 3.33. The highest BCUT2D eigenvalue weighted by Crippen LogP contribution is 2.27. The van der Waals surface area contributed by atoms with E-state index in [1.54, 1.807) is 0 Å². The summed E-state index contributed by atoms with van der Waals surface area (Å²) in [6.07, 6.45) is 2.58. The Labute approximate surface area is 103 Å². The second-order valence-electron chi connectivity index (χ2n) is 4.80. The van der Waals surface area contributed by atoms with Crippen LogP contribution in [0.3, 0.4) is 0 Å². The standard InChI is InChI=1S/C11H20N2O2.ClH/c1-3-13(10-7-12-8-10)4-2-9(1)11-14-5-6-15-11;/h9-12H,1-8H2;1H. The van der Waals surface area contributed by atoms with Crippen LogP contribution < -0.4 is 5.32 Å². The SMILES string of the molecule is C1COC(C2CCN(C3CNC3)CC2)O1.Cl. The smallest absolute Gasteiger partial charge is 0.160 e. The highest BCUT2D eigenvalue weighted by Gasteiger charge is 2.33. The molecule has 0 aromatic rings. The molecule has 16 heavy (non-hydrogen) atoms. The number of piperidine rings is 1. The van der Waals surface area contributed by atoms with Crippen molar-refractivity contribution < 1.29 is 9.47 Å². The fourth-order valence-electron chi connectivity index (χ4n) is 2.74. The first-order valence-corrected chi connectivity index (χ1v) is 6.11. The highest BCUT2D eigenvalue weighted by atomic mass is 35.5. The molecule has 0 aromatic carbocycles. The molecule has 0 saturated carbocycles. The lowest BCUT2D eigenvalue weighted by atomic mass is 9.94. The fraction of sp³-hybridized carbons (Fsp3) is 1.00. The maximum absolute atomic E-state index is 5.58. The van der Waals surface area contributed by atoms with E-state index in [1.165, 1.54) is 39.0 Å². The van der Waals surface area contributed by atoms with Crippen molar-refractivity contribution in [2.75, 3.05) is 39.4 Å². The topological polar surface area (TPSA) is 33.7 Å². The molecule has 3 heterocycles. The van der Waals surface area contributed by atoms with E-state index in [1.807, 2.05) is 0 Å². The Morgan fingerprint density at radius 3 is 2.12 bits per heavy atom. The largest absolute Gasteiger partial charge is 0.350 e. The summed E-state index contributed by atoms with van der Waals surface area (Å²) >= 11 is 0. The Hall–Kier alpha value is 0.130. The van der Waals surface area contributed by atoms with E-state index in [4.69, 9.17) is 9.47 Å². The summed E-state index contributed by atoms with van der Waals surface area (Å²) in [6, 6.07) is 0.802. The lowest BCUT2D eigenvalue weighted by molar-refractivity contribution is -0.100. The van der Waals surface area contributed by atoms with Crippen LogP contribution in [0.15, 0.2) is 0 Å². The zero-order chi connectivity index (χ0) is 10.1. The number of rotatable bonds is 2. The van der Waals surface area contributed by atoms with Crippen molar-refractivity contribution in [3.8, 4) is 0 Å². The molecule has 3 saturated heterocycles. The van der Waals surface area contributed by atoms with Gasteiger partial charge in [-0.15, -0.1) is 12.4 Å². The molecule has 0 aliphatic carbocycles. The molecular formula is C11H21ClN2O2. The highest BCUT2D eigenvalue weighted by molar-refractivity contribution is 5.85. The lowest BCUT2D eigenvalue weighted by Gasteiger charge is -2.42. The molecule has 3 fully saturated rings. The minimum absolute atomic E-state index is 0. The van der Waals surface area contributed by atoms with Gasteiger partial charge in [-0.05, 0) is 25.9 Å². The number of ether oxygens (including phenoxy) is 2. The monoisotopic (exact) mass is 248 g/mol. The summed E-state index contributed by atoms with van der Waals surface area (Å²) in [6.45, 7) is 6.39. The van der Waals surface area contributed by atoms with Crippen LogP contribution in [0.5, 0.6) is 0 Å². The predicted octanol–water partition coefficient (Wildman–Crippen LogP) is 0.465. The van der Waals surface area contributed by atoms with Crippen LogP contribution in [0, 0.1) is 5.92 Å². The third-order valence-electron chi connectivity index (χ3n) is 3.88. The van der Waals surface area contributed by atoms with Crippen LogP contribution in [0.2, 0.25) is 0 Å². The Kier molecular flexibility index (Phi) is 4.44. The zero-order valence-electron chi connectivity index (χ0n) is 9.56. The molecule has 0 radical (unpaired) electrons. The zero-order valence-corrected chi connectivity index (χ0v) is 10.4. The molecule has 0 atom stereocenters. The average molecular weight is 249 g/mol. The van der Waals surface area contributed by atoms with Gasteiger partial charge in [0, 0.05) is 25.0 Å². The Balaban J connectivity index is 0.000000963. The van der Waals surface area contributed by atoms with Crippen LogP contribution in [0.25, 0.3) is 0 Å². The second kappa shape index (κ2) is 5.65. The second-order valence-corrected chi connectivity index (χ2v) is 4.80. The van der Waals surface area contributed by atoms with Gasteiger partial charge in [-0.2, -0.15) is 0 Å². The molecule has 3 rings (SSSR count). The molecule has 1 N–H and O–H groups in total. The van der Waals surface area contributed by atoms with Crippen LogP contribution >= 0.6 is 12.4 Å². The molecule has 0 aromatic heterocycles. The molecule has 0 spiro atoms. The fourth-order valence-corrected chi connectivity index (χ4v) is 2.74. The van der Waals surface area contributed by atoms with E-state index in [9.17, 15) is 0 Å². The summed E-state index contributed by atoms with van der Waals surface area (Å²) in [7, 11) is 0. The van der Waals surface area contributed by atoms with E-state index in [-0.39, 0.29) is 18.7 Å². The maximum Gasteiger partial charge on any atom is 0.160 e. The molecule has 0 bridgehead atoms. The van der Waals surface area contributed by atoms with Gasteiger partial charge in [-0.3, -0.25) is 4.90 Å². The van der Waals surface area contributed by atoms with Gasteiger partial charge in [0.15, 0.2) is 6.29 Å². The van der Waals surface area contributed by atoms with E-state index in [0.29, 0.717) is 5.92 Å². The van der Waals surface area contributed by atoms with Crippen LogP contribution in [-0.2, 0) is 9.47 Å². The third kappa shape index (κ3) is 2.51. The van der Waals surface area contributed by atoms with Crippen molar-refractivity contribution in [3.05, 3.63) is 0 Å². The number of likely N-dealkylation sites (tertiary alicyclic amines) is 1. The van der Waals surface area contributed by atoms with Crippen molar-refractivity contribution in [2.24, 2.45) is 5.92 Å². The van der Waals surface area contributed by atoms with Gasteiger partial charge in [-0.25, -0.2) is 0 Å². The normalized spacial score (nSPS) is 30.0. The Bertz CT molecular complexity index is 212. The van der Waals surface area contributed by atoms with Crippen molar-refractivity contribution in [1.82, 2.24) is 10.2 Å². The first kappa shape index (κ1) is 12.6. The van der Waals surface area contributed by atoms with E-state index < -0.39 is 0 Å². The first-order chi connectivity index (χ1) is 7.43. The molecule has 3 aliphatic heterocycles. The van der Waals surface area contributed by atoms with Crippen molar-refractivity contribution in [3.63, 3.8) is 0 Å². The van der Waals surface area contributed by atoms with Crippen LogP contribution in [-0.4, -0.2) is 56.6 Å². The van der Waals surface area contributed by atoms with Gasteiger partial charge in [-0.1, -0.05) is 0 Å². The summed E-state index contributed by atoms with van der Waals surface area (Å²) in [5.41, 5.74) is 0. The van der Waals surface area contributed by atoms with Crippen molar-refractivity contribution in [1.29, 1.82) is 0 Å². The van der Waals surface area contributed by atoms with Crippen molar-refractivity contribution >= 4 is 12.4 Å². The molecular weight excluding hydrogens is 228 g/mol. The summed E-state index contributed by atoms with van der Waals surface area (Å²) in [5.74, 6) is 0.636. The van der Waals surface area contributed by atoms with Gasteiger partial charge in [0.1, 0.15) is 0 Å². The minimum Gasteiger partial charge on any atom is -0.350 e. The Morgan fingerprint density at radius 2 is 1.62 bits per heavy atom. The minimum atomic E-state index is 0. The first-order valence-electron chi connectivity index (χ1n) is 6.11. The predicted molar refractivity (Wildman–Crippen MR) is 63.9 cm³/mol. The van der Waals surface area contributed by atoms with Gasteiger partial charge in [0.05, 0.1) is 13.2 Å². The van der Waals surface area contributed by atoms with E-state index in [0.717, 1.165) is 19.3 Å².